The molecule has 1 aliphatic carbocycles. The van der Waals surface area contributed by atoms with Crippen LogP contribution in [0.3, 0.4) is 0 Å². The number of anilines is 2. The van der Waals surface area contributed by atoms with Gasteiger partial charge < -0.3 is 24.8 Å². The second-order valence-electron chi connectivity index (χ2n) is 8.33. The van der Waals surface area contributed by atoms with Crippen molar-refractivity contribution in [1.29, 1.82) is 0 Å². The summed E-state index contributed by atoms with van der Waals surface area (Å²) >= 11 is 0. The molecule has 3 aliphatic rings. The maximum absolute atomic E-state index is 13.0. The molecule has 0 bridgehead atoms. The normalized spacial score (nSPS) is 19.6. The Morgan fingerprint density at radius 2 is 1.77 bits per heavy atom. The largest absolute Gasteiger partial charge is 0.453 e. The van der Waals surface area contributed by atoms with E-state index in [1.165, 1.54) is 7.11 Å². The van der Waals surface area contributed by atoms with Crippen molar-refractivity contribution in [2.24, 2.45) is 5.92 Å². The van der Waals surface area contributed by atoms with E-state index in [2.05, 4.69) is 15.5 Å². The third-order valence-electron chi connectivity index (χ3n) is 6.15. The van der Waals surface area contributed by atoms with Gasteiger partial charge in [-0.05, 0) is 44.0 Å². The molecular weight excluding hydrogens is 398 g/mol. The van der Waals surface area contributed by atoms with Crippen LogP contribution in [-0.4, -0.2) is 87.2 Å². The fraction of sp³-hybridized carbons (Fsp3) is 0.591. The Hall–Kier alpha value is -2.81. The predicted molar refractivity (Wildman–Crippen MR) is 117 cm³/mol. The third kappa shape index (κ3) is 5.10. The van der Waals surface area contributed by atoms with Crippen molar-refractivity contribution in [1.82, 2.24) is 15.1 Å². The summed E-state index contributed by atoms with van der Waals surface area (Å²) < 4.78 is 4.79. The highest BCUT2D eigenvalue weighted by Gasteiger charge is 2.35. The number of amides is 3. The van der Waals surface area contributed by atoms with Gasteiger partial charge in [-0.15, -0.1) is 0 Å². The lowest BCUT2D eigenvalue weighted by Gasteiger charge is -2.37. The molecule has 1 saturated carbocycles. The number of carbonyl (C=O) groups is 3. The summed E-state index contributed by atoms with van der Waals surface area (Å²) in [5.74, 6) is 0.450. The average molecular weight is 430 g/mol. The van der Waals surface area contributed by atoms with Gasteiger partial charge in [-0.25, -0.2) is 4.79 Å². The van der Waals surface area contributed by atoms with Crippen molar-refractivity contribution in [2.45, 2.75) is 19.3 Å². The molecule has 3 amide bonds. The van der Waals surface area contributed by atoms with Crippen molar-refractivity contribution >= 4 is 29.3 Å². The lowest BCUT2D eigenvalue weighted by Crippen LogP contribution is -2.49. The minimum Gasteiger partial charge on any atom is -0.453 e. The van der Waals surface area contributed by atoms with E-state index in [9.17, 15) is 14.4 Å². The molecule has 2 saturated heterocycles. The highest BCUT2D eigenvalue weighted by atomic mass is 16.5. The van der Waals surface area contributed by atoms with Crippen LogP contribution < -0.4 is 15.5 Å². The van der Waals surface area contributed by atoms with Gasteiger partial charge in [0.2, 0.25) is 5.91 Å². The number of carbonyl (C=O) groups excluding carboxylic acids is 3. The fourth-order valence-electron chi connectivity index (χ4n) is 4.19. The molecule has 2 heterocycles. The summed E-state index contributed by atoms with van der Waals surface area (Å²) in [5, 5.41) is 6.06. The Morgan fingerprint density at radius 1 is 1.00 bits per heavy atom. The van der Waals surface area contributed by atoms with E-state index < -0.39 is 6.09 Å². The van der Waals surface area contributed by atoms with Crippen LogP contribution in [0.25, 0.3) is 0 Å². The first-order valence-corrected chi connectivity index (χ1v) is 11.1. The van der Waals surface area contributed by atoms with E-state index in [4.69, 9.17) is 4.74 Å². The van der Waals surface area contributed by atoms with E-state index in [-0.39, 0.29) is 17.7 Å². The van der Waals surface area contributed by atoms with Crippen molar-refractivity contribution in [3.8, 4) is 0 Å². The first kappa shape index (κ1) is 21.4. The first-order chi connectivity index (χ1) is 15.1. The number of nitrogens with one attached hydrogen (secondary N) is 2. The lowest BCUT2D eigenvalue weighted by molar-refractivity contribution is -0.132. The molecule has 0 radical (unpaired) electrons. The zero-order valence-electron chi connectivity index (χ0n) is 18.1. The first-order valence-electron chi connectivity index (χ1n) is 11.1. The van der Waals surface area contributed by atoms with Crippen LogP contribution in [0.2, 0.25) is 0 Å². The summed E-state index contributed by atoms with van der Waals surface area (Å²) in [6, 6.07) is 5.43. The maximum atomic E-state index is 13.0. The van der Waals surface area contributed by atoms with Gasteiger partial charge in [0.05, 0.1) is 18.5 Å². The number of piperazine rings is 1. The van der Waals surface area contributed by atoms with Crippen LogP contribution in [0.5, 0.6) is 0 Å². The van der Waals surface area contributed by atoms with Crippen molar-refractivity contribution in [3.05, 3.63) is 23.8 Å². The van der Waals surface area contributed by atoms with E-state index in [0.29, 0.717) is 50.5 Å². The van der Waals surface area contributed by atoms with Gasteiger partial charge >= 0.3 is 6.09 Å². The zero-order valence-corrected chi connectivity index (χ0v) is 18.1. The summed E-state index contributed by atoms with van der Waals surface area (Å²) in [4.78, 5) is 43.3. The number of ether oxygens (including phenoxy) is 1. The second kappa shape index (κ2) is 9.55. The Kier molecular flexibility index (Phi) is 6.60. The molecular formula is C22H31N5O4. The molecule has 0 spiro atoms. The van der Waals surface area contributed by atoms with Crippen LogP contribution in [0.1, 0.15) is 29.6 Å². The van der Waals surface area contributed by atoms with Crippen LogP contribution in [0.15, 0.2) is 18.2 Å². The standard InChI is InChI=1S/C22H31N5O4/c1-31-22(30)24-18-15-17(21(29)26-9-2-7-23-8-10-26)5-6-19(18)25-11-13-27(14-12-25)20(28)16-3-4-16/h5-6,15-16,23H,2-4,7-14H2,1H3,(H,24,30). The molecule has 9 nitrogen and oxygen atoms in total. The molecule has 168 valence electrons. The molecule has 31 heavy (non-hydrogen) atoms. The molecule has 1 aromatic rings. The molecule has 4 rings (SSSR count). The molecule has 1 aromatic carbocycles. The van der Waals surface area contributed by atoms with Crippen LogP contribution in [0.4, 0.5) is 16.2 Å². The molecule has 9 heteroatoms. The Labute approximate surface area is 182 Å². The fourth-order valence-corrected chi connectivity index (χ4v) is 4.19. The van der Waals surface area contributed by atoms with Gasteiger partial charge in [0.15, 0.2) is 0 Å². The predicted octanol–water partition coefficient (Wildman–Crippen LogP) is 1.36. The van der Waals surface area contributed by atoms with E-state index >= 15 is 0 Å². The van der Waals surface area contributed by atoms with E-state index in [1.54, 1.807) is 6.07 Å². The number of benzene rings is 1. The number of methoxy groups -OCH3 is 1. The number of hydrogen-bond acceptors (Lipinski definition) is 6. The van der Waals surface area contributed by atoms with Gasteiger partial charge in [0.25, 0.3) is 5.91 Å². The monoisotopic (exact) mass is 429 g/mol. The number of nitrogens with zero attached hydrogens (tertiary/aromatic N) is 3. The minimum atomic E-state index is -0.577. The number of hydrogen-bond donors (Lipinski definition) is 2. The minimum absolute atomic E-state index is 0.0389. The van der Waals surface area contributed by atoms with Crippen LogP contribution >= 0.6 is 0 Å². The smallest absolute Gasteiger partial charge is 0.411 e. The molecule has 0 atom stereocenters. The lowest BCUT2D eigenvalue weighted by atomic mass is 10.1. The molecule has 2 N–H and O–H groups in total. The zero-order chi connectivity index (χ0) is 21.8. The van der Waals surface area contributed by atoms with Crippen LogP contribution in [0, 0.1) is 5.92 Å². The summed E-state index contributed by atoms with van der Waals surface area (Å²) in [6.07, 6.45) is 2.36. The van der Waals surface area contributed by atoms with Gasteiger partial charge in [0, 0.05) is 57.3 Å². The quantitative estimate of drug-likeness (QED) is 0.751. The van der Waals surface area contributed by atoms with Crippen molar-refractivity contribution in [2.75, 3.05) is 69.7 Å². The van der Waals surface area contributed by atoms with E-state index in [1.807, 2.05) is 21.9 Å². The third-order valence-corrected chi connectivity index (χ3v) is 6.15. The Bertz CT molecular complexity index is 825. The van der Waals surface area contributed by atoms with Gasteiger partial charge in [-0.2, -0.15) is 0 Å². The Balaban J connectivity index is 1.50. The molecule has 0 unspecified atom stereocenters. The molecule has 3 fully saturated rings. The highest BCUT2D eigenvalue weighted by Crippen LogP contribution is 2.33. The molecule has 0 aromatic heterocycles. The van der Waals surface area contributed by atoms with Gasteiger partial charge in [-0.1, -0.05) is 0 Å². The second-order valence-corrected chi connectivity index (χ2v) is 8.33. The van der Waals surface area contributed by atoms with Crippen LogP contribution in [-0.2, 0) is 9.53 Å². The Morgan fingerprint density at radius 3 is 2.48 bits per heavy atom. The SMILES string of the molecule is COC(=O)Nc1cc(C(=O)N2CCCNCC2)ccc1N1CCN(C(=O)C2CC2)CC1. The summed E-state index contributed by atoms with van der Waals surface area (Å²) in [5.41, 5.74) is 1.92. The molecule has 2 aliphatic heterocycles. The van der Waals surface area contributed by atoms with Gasteiger partial charge in [0.1, 0.15) is 0 Å². The summed E-state index contributed by atoms with van der Waals surface area (Å²) in [6.45, 7) is 5.75. The van der Waals surface area contributed by atoms with Crippen molar-refractivity contribution < 1.29 is 19.1 Å². The number of rotatable bonds is 4. The maximum Gasteiger partial charge on any atom is 0.411 e. The average Bonchev–Trinajstić information content (AvgIpc) is 3.65. The van der Waals surface area contributed by atoms with Crippen molar-refractivity contribution in [3.63, 3.8) is 0 Å². The van der Waals surface area contributed by atoms with Gasteiger partial charge in [-0.3, -0.25) is 14.9 Å². The van der Waals surface area contributed by atoms with E-state index in [0.717, 1.165) is 38.0 Å². The summed E-state index contributed by atoms with van der Waals surface area (Å²) in [7, 11) is 1.32. The topological polar surface area (TPSA) is 94.2 Å². The highest BCUT2D eigenvalue weighted by molar-refractivity contribution is 5.98.